The first kappa shape index (κ1) is 14.4. The van der Waals surface area contributed by atoms with Crippen LogP contribution in [0.5, 0.6) is 0 Å². The Labute approximate surface area is 124 Å². The van der Waals surface area contributed by atoms with Crippen molar-refractivity contribution in [2.75, 3.05) is 6.61 Å². The van der Waals surface area contributed by atoms with Gasteiger partial charge in [0.15, 0.2) is 0 Å². The second kappa shape index (κ2) is 7.54. The minimum atomic E-state index is -0.243. The van der Waals surface area contributed by atoms with Gasteiger partial charge in [0.05, 0.1) is 24.0 Å². The normalized spacial score (nSPS) is 14.0. The molecule has 0 aliphatic rings. The van der Waals surface area contributed by atoms with Gasteiger partial charge in [0.2, 0.25) is 0 Å². The van der Waals surface area contributed by atoms with Crippen molar-refractivity contribution < 1.29 is 4.74 Å². The summed E-state index contributed by atoms with van der Waals surface area (Å²) in [4.78, 5) is 0. The fraction of sp³-hybridized carbons (Fsp3) is 0.250. The molecule has 0 saturated carbocycles. The molecule has 0 spiro atoms. The molecule has 2 aromatic carbocycles. The van der Waals surface area contributed by atoms with Crippen LogP contribution in [-0.2, 0) is 11.3 Å². The molecule has 0 amide bonds. The summed E-state index contributed by atoms with van der Waals surface area (Å²) in [6.07, 6.45) is 0. The topological polar surface area (TPSA) is 9.23 Å². The summed E-state index contributed by atoms with van der Waals surface area (Å²) < 4.78 is 5.61. The molecule has 0 aliphatic heterocycles. The van der Waals surface area contributed by atoms with Crippen molar-refractivity contribution in [2.45, 2.75) is 17.4 Å². The maximum atomic E-state index is 6.33. The van der Waals surface area contributed by atoms with Gasteiger partial charge >= 0.3 is 0 Å². The highest BCUT2D eigenvalue weighted by molar-refractivity contribution is 6.30. The van der Waals surface area contributed by atoms with Crippen LogP contribution in [0.3, 0.4) is 0 Å². The standard InChI is InChI=1S/C16H16Cl2O/c17-15(16(18)14-9-5-2-6-10-14)12-19-11-13-7-3-1-4-8-13/h1-10,15-16H,11-12H2/t15-,16+/m0/s1. The Kier molecular flexibility index (Phi) is 5.71. The van der Waals surface area contributed by atoms with Crippen molar-refractivity contribution in [3.05, 3.63) is 71.8 Å². The van der Waals surface area contributed by atoms with E-state index in [0.29, 0.717) is 13.2 Å². The average molecular weight is 295 g/mol. The molecule has 0 aliphatic carbocycles. The fourth-order valence-corrected chi connectivity index (χ4v) is 2.25. The molecular formula is C16H16Cl2O. The van der Waals surface area contributed by atoms with Gasteiger partial charge in [-0.05, 0) is 11.1 Å². The van der Waals surface area contributed by atoms with Crippen LogP contribution in [0.2, 0.25) is 0 Å². The van der Waals surface area contributed by atoms with Crippen molar-refractivity contribution >= 4 is 23.2 Å². The van der Waals surface area contributed by atoms with E-state index in [9.17, 15) is 0 Å². The molecule has 2 aromatic rings. The number of hydrogen-bond donors (Lipinski definition) is 0. The third-order valence-electron chi connectivity index (χ3n) is 2.82. The molecule has 1 nitrogen and oxygen atoms in total. The van der Waals surface area contributed by atoms with Gasteiger partial charge in [0.1, 0.15) is 0 Å². The first-order valence-electron chi connectivity index (χ1n) is 6.22. The Balaban J connectivity index is 1.80. The summed E-state index contributed by atoms with van der Waals surface area (Å²) in [5, 5.41) is -0.480. The second-order valence-corrected chi connectivity index (χ2v) is 5.36. The molecule has 2 atom stereocenters. The van der Waals surface area contributed by atoms with Crippen LogP contribution >= 0.6 is 23.2 Å². The molecule has 0 saturated heterocycles. The van der Waals surface area contributed by atoms with E-state index in [0.717, 1.165) is 11.1 Å². The van der Waals surface area contributed by atoms with Crippen molar-refractivity contribution in [1.82, 2.24) is 0 Å². The molecule has 0 bridgehead atoms. The highest BCUT2D eigenvalue weighted by Gasteiger charge is 2.18. The highest BCUT2D eigenvalue weighted by atomic mass is 35.5. The summed E-state index contributed by atoms with van der Waals surface area (Å²) in [7, 11) is 0. The van der Waals surface area contributed by atoms with Crippen LogP contribution in [0.1, 0.15) is 16.5 Å². The Hall–Kier alpha value is -1.02. The zero-order valence-electron chi connectivity index (χ0n) is 10.5. The third kappa shape index (κ3) is 4.54. The molecule has 19 heavy (non-hydrogen) atoms. The monoisotopic (exact) mass is 294 g/mol. The number of halogens is 2. The van der Waals surface area contributed by atoms with Gasteiger partial charge < -0.3 is 4.74 Å². The molecule has 2 rings (SSSR count). The van der Waals surface area contributed by atoms with Gasteiger partial charge in [0, 0.05) is 0 Å². The minimum Gasteiger partial charge on any atom is -0.375 e. The van der Waals surface area contributed by atoms with Crippen LogP contribution < -0.4 is 0 Å². The van der Waals surface area contributed by atoms with Gasteiger partial charge in [0.25, 0.3) is 0 Å². The van der Waals surface area contributed by atoms with Crippen molar-refractivity contribution in [1.29, 1.82) is 0 Å². The summed E-state index contributed by atoms with van der Waals surface area (Å²) >= 11 is 12.6. The largest absolute Gasteiger partial charge is 0.375 e. The Morgan fingerprint density at radius 2 is 1.42 bits per heavy atom. The van der Waals surface area contributed by atoms with E-state index in [4.69, 9.17) is 27.9 Å². The number of rotatable bonds is 6. The first-order valence-corrected chi connectivity index (χ1v) is 7.09. The van der Waals surface area contributed by atoms with Crippen LogP contribution in [0.4, 0.5) is 0 Å². The summed E-state index contributed by atoms with van der Waals surface area (Å²) in [6.45, 7) is 0.988. The SMILES string of the molecule is Cl[C@H](c1ccccc1)[C@@H](Cl)COCc1ccccc1. The predicted molar refractivity (Wildman–Crippen MR) is 80.8 cm³/mol. The predicted octanol–water partition coefficient (Wildman–Crippen LogP) is 4.79. The number of hydrogen-bond acceptors (Lipinski definition) is 1. The maximum absolute atomic E-state index is 6.33. The quantitative estimate of drug-likeness (QED) is 0.696. The molecular weight excluding hydrogens is 279 g/mol. The summed E-state index contributed by atoms with van der Waals surface area (Å²) in [6, 6.07) is 19.8. The van der Waals surface area contributed by atoms with E-state index in [1.54, 1.807) is 0 Å². The molecule has 0 unspecified atom stereocenters. The zero-order chi connectivity index (χ0) is 13.5. The number of alkyl halides is 2. The van der Waals surface area contributed by atoms with Gasteiger partial charge in [-0.3, -0.25) is 0 Å². The first-order chi connectivity index (χ1) is 9.27. The average Bonchev–Trinajstić information content (AvgIpc) is 2.48. The fourth-order valence-electron chi connectivity index (χ4n) is 1.79. The van der Waals surface area contributed by atoms with E-state index in [1.165, 1.54) is 0 Å². The number of benzene rings is 2. The summed E-state index contributed by atoms with van der Waals surface area (Å²) in [5.74, 6) is 0. The Morgan fingerprint density at radius 1 is 0.842 bits per heavy atom. The van der Waals surface area contributed by atoms with Gasteiger partial charge in [-0.2, -0.15) is 0 Å². The van der Waals surface area contributed by atoms with Crippen molar-refractivity contribution in [3.63, 3.8) is 0 Å². The smallest absolute Gasteiger partial charge is 0.0774 e. The summed E-state index contributed by atoms with van der Waals surface area (Å²) in [5.41, 5.74) is 2.16. The van der Waals surface area contributed by atoms with Crippen LogP contribution in [0.25, 0.3) is 0 Å². The Bertz CT molecular complexity index is 473. The van der Waals surface area contributed by atoms with E-state index in [1.807, 2.05) is 60.7 Å². The minimum absolute atomic E-state index is 0.237. The van der Waals surface area contributed by atoms with Gasteiger partial charge in [-0.1, -0.05) is 60.7 Å². The van der Waals surface area contributed by atoms with Crippen LogP contribution in [-0.4, -0.2) is 12.0 Å². The lowest BCUT2D eigenvalue weighted by Gasteiger charge is -2.16. The van der Waals surface area contributed by atoms with E-state index >= 15 is 0 Å². The molecule has 0 heterocycles. The van der Waals surface area contributed by atoms with Gasteiger partial charge in [-0.25, -0.2) is 0 Å². The molecule has 0 N–H and O–H groups in total. The van der Waals surface area contributed by atoms with Crippen LogP contribution in [0.15, 0.2) is 60.7 Å². The lowest BCUT2D eigenvalue weighted by molar-refractivity contribution is 0.120. The molecule has 3 heteroatoms. The lowest BCUT2D eigenvalue weighted by atomic mass is 10.1. The van der Waals surface area contributed by atoms with Crippen molar-refractivity contribution in [2.24, 2.45) is 0 Å². The van der Waals surface area contributed by atoms with Crippen molar-refractivity contribution in [3.8, 4) is 0 Å². The van der Waals surface area contributed by atoms with Gasteiger partial charge in [-0.15, -0.1) is 23.2 Å². The molecule has 0 fully saturated rings. The van der Waals surface area contributed by atoms with E-state index in [2.05, 4.69) is 0 Å². The Morgan fingerprint density at radius 3 is 2.05 bits per heavy atom. The zero-order valence-corrected chi connectivity index (χ0v) is 12.0. The second-order valence-electron chi connectivity index (χ2n) is 4.33. The molecule has 0 radical (unpaired) electrons. The lowest BCUT2D eigenvalue weighted by Crippen LogP contribution is -2.15. The highest BCUT2D eigenvalue weighted by Crippen LogP contribution is 2.28. The number of ether oxygens (including phenoxy) is 1. The third-order valence-corrected chi connectivity index (χ3v) is 3.89. The molecule has 100 valence electrons. The molecule has 0 aromatic heterocycles. The van der Waals surface area contributed by atoms with E-state index in [-0.39, 0.29) is 10.8 Å². The maximum Gasteiger partial charge on any atom is 0.0774 e. The van der Waals surface area contributed by atoms with E-state index < -0.39 is 0 Å². The van der Waals surface area contributed by atoms with Crippen LogP contribution in [0, 0.1) is 0 Å².